The van der Waals surface area contributed by atoms with Crippen LogP contribution in [0.5, 0.6) is 0 Å². The zero-order chi connectivity index (χ0) is 11.6. The van der Waals surface area contributed by atoms with Crippen molar-refractivity contribution in [2.45, 2.75) is 64.3 Å². The number of rotatable bonds is 5. The highest BCUT2D eigenvalue weighted by atomic mass is 15.0. The average Bonchev–Trinajstić information content (AvgIpc) is 2.46. The molecule has 0 aliphatic heterocycles. The molecule has 2 rings (SSSR count). The van der Waals surface area contributed by atoms with Crippen LogP contribution in [0.15, 0.2) is 0 Å². The molecule has 2 nitrogen and oxygen atoms in total. The van der Waals surface area contributed by atoms with Crippen LogP contribution in [0.2, 0.25) is 0 Å². The van der Waals surface area contributed by atoms with Gasteiger partial charge in [0.25, 0.3) is 0 Å². The number of nitrogens with two attached hydrogens (primary N) is 1. The first-order chi connectivity index (χ1) is 7.60. The molecule has 0 saturated heterocycles. The predicted molar refractivity (Wildman–Crippen MR) is 69.4 cm³/mol. The van der Waals surface area contributed by atoms with Gasteiger partial charge < -0.3 is 11.1 Å². The normalized spacial score (nSPS) is 33.9. The van der Waals surface area contributed by atoms with Crippen molar-refractivity contribution in [1.29, 1.82) is 0 Å². The Bertz CT molecular complexity index is 233. The quantitative estimate of drug-likeness (QED) is 0.753. The fourth-order valence-electron chi connectivity index (χ4n) is 3.49. The molecule has 0 bridgehead atoms. The third-order valence-corrected chi connectivity index (χ3v) is 5.29. The molecule has 0 aromatic carbocycles. The second-order valence-electron chi connectivity index (χ2n) is 6.54. The molecule has 2 heteroatoms. The van der Waals surface area contributed by atoms with Gasteiger partial charge in [-0.2, -0.15) is 0 Å². The molecule has 0 spiro atoms. The van der Waals surface area contributed by atoms with Crippen LogP contribution in [0.4, 0.5) is 0 Å². The Balaban J connectivity index is 1.83. The first kappa shape index (κ1) is 12.4. The Hall–Kier alpha value is -0.0800. The van der Waals surface area contributed by atoms with Crippen molar-refractivity contribution < 1.29 is 0 Å². The molecule has 2 aliphatic carbocycles. The van der Waals surface area contributed by atoms with Crippen molar-refractivity contribution in [3.8, 4) is 0 Å². The molecule has 2 aliphatic rings. The first-order valence-corrected chi connectivity index (χ1v) is 7.05. The van der Waals surface area contributed by atoms with Gasteiger partial charge in [0.15, 0.2) is 0 Å². The summed E-state index contributed by atoms with van der Waals surface area (Å²) < 4.78 is 0. The standard InChI is InChI=1S/C14H28N2/c1-13(2)8-4-9-14(13,11-15)16-10-7-12-5-3-6-12/h12,16H,3-11,15H2,1-2H3. The lowest BCUT2D eigenvalue weighted by Crippen LogP contribution is -2.58. The van der Waals surface area contributed by atoms with E-state index >= 15 is 0 Å². The van der Waals surface area contributed by atoms with Crippen LogP contribution in [0.25, 0.3) is 0 Å². The lowest BCUT2D eigenvalue weighted by molar-refractivity contribution is 0.156. The lowest BCUT2D eigenvalue weighted by atomic mass is 9.74. The monoisotopic (exact) mass is 224 g/mol. The second kappa shape index (κ2) is 4.66. The smallest absolute Gasteiger partial charge is 0.0355 e. The van der Waals surface area contributed by atoms with E-state index < -0.39 is 0 Å². The van der Waals surface area contributed by atoms with Gasteiger partial charge in [0, 0.05) is 12.1 Å². The van der Waals surface area contributed by atoms with Crippen LogP contribution in [-0.4, -0.2) is 18.6 Å². The van der Waals surface area contributed by atoms with Gasteiger partial charge >= 0.3 is 0 Å². The zero-order valence-electron chi connectivity index (χ0n) is 11.0. The van der Waals surface area contributed by atoms with E-state index in [4.69, 9.17) is 5.73 Å². The van der Waals surface area contributed by atoms with Crippen LogP contribution in [0, 0.1) is 11.3 Å². The summed E-state index contributed by atoms with van der Waals surface area (Å²) in [6.45, 7) is 6.72. The molecule has 0 radical (unpaired) electrons. The summed E-state index contributed by atoms with van der Waals surface area (Å²) in [4.78, 5) is 0. The average molecular weight is 224 g/mol. The van der Waals surface area contributed by atoms with Crippen molar-refractivity contribution in [2.24, 2.45) is 17.1 Å². The van der Waals surface area contributed by atoms with Gasteiger partial charge in [0.2, 0.25) is 0 Å². The van der Waals surface area contributed by atoms with Gasteiger partial charge in [-0.15, -0.1) is 0 Å². The minimum Gasteiger partial charge on any atom is -0.329 e. The summed E-state index contributed by atoms with van der Waals surface area (Å²) in [5.74, 6) is 1.01. The van der Waals surface area contributed by atoms with Crippen LogP contribution in [0.1, 0.15) is 58.8 Å². The highest BCUT2D eigenvalue weighted by molar-refractivity contribution is 5.05. The predicted octanol–water partition coefficient (Wildman–Crippen LogP) is 2.67. The summed E-state index contributed by atoms with van der Waals surface area (Å²) >= 11 is 0. The second-order valence-corrected chi connectivity index (χ2v) is 6.54. The fraction of sp³-hybridized carbons (Fsp3) is 1.00. The van der Waals surface area contributed by atoms with Crippen molar-refractivity contribution in [2.75, 3.05) is 13.1 Å². The Morgan fingerprint density at radius 2 is 1.94 bits per heavy atom. The van der Waals surface area contributed by atoms with Gasteiger partial charge in [-0.1, -0.05) is 39.5 Å². The molecular formula is C14H28N2. The minimum absolute atomic E-state index is 0.219. The van der Waals surface area contributed by atoms with Crippen molar-refractivity contribution >= 4 is 0 Å². The maximum absolute atomic E-state index is 6.05. The summed E-state index contributed by atoms with van der Waals surface area (Å²) in [6.07, 6.45) is 9.65. The van der Waals surface area contributed by atoms with Crippen molar-refractivity contribution in [3.05, 3.63) is 0 Å². The molecule has 1 atom stereocenters. The Morgan fingerprint density at radius 1 is 1.19 bits per heavy atom. The van der Waals surface area contributed by atoms with E-state index in [1.165, 1.54) is 51.5 Å². The molecule has 94 valence electrons. The maximum atomic E-state index is 6.05. The maximum Gasteiger partial charge on any atom is 0.0355 e. The molecular weight excluding hydrogens is 196 g/mol. The van der Waals surface area contributed by atoms with E-state index in [0.717, 1.165) is 12.5 Å². The van der Waals surface area contributed by atoms with Gasteiger partial charge in [0.05, 0.1) is 0 Å². The third-order valence-electron chi connectivity index (χ3n) is 5.29. The zero-order valence-corrected chi connectivity index (χ0v) is 11.0. The molecule has 0 aromatic heterocycles. The molecule has 3 N–H and O–H groups in total. The van der Waals surface area contributed by atoms with E-state index in [1.54, 1.807) is 0 Å². The van der Waals surface area contributed by atoms with Crippen molar-refractivity contribution in [3.63, 3.8) is 0 Å². The van der Waals surface area contributed by atoms with E-state index in [1.807, 2.05) is 0 Å². The molecule has 2 fully saturated rings. The van der Waals surface area contributed by atoms with E-state index in [-0.39, 0.29) is 5.54 Å². The summed E-state index contributed by atoms with van der Waals surface area (Å²) in [5.41, 5.74) is 6.64. The Kier molecular flexibility index (Phi) is 3.60. The van der Waals surface area contributed by atoms with Gasteiger partial charge in [-0.3, -0.25) is 0 Å². The number of nitrogens with one attached hydrogen (secondary N) is 1. The van der Waals surface area contributed by atoms with Crippen LogP contribution in [-0.2, 0) is 0 Å². The number of hydrogen-bond acceptors (Lipinski definition) is 2. The van der Waals surface area contributed by atoms with Crippen LogP contribution in [0.3, 0.4) is 0 Å². The topological polar surface area (TPSA) is 38.0 Å². The van der Waals surface area contributed by atoms with E-state index in [2.05, 4.69) is 19.2 Å². The summed E-state index contributed by atoms with van der Waals surface area (Å²) in [6, 6.07) is 0. The lowest BCUT2D eigenvalue weighted by Gasteiger charge is -2.42. The van der Waals surface area contributed by atoms with Crippen LogP contribution < -0.4 is 11.1 Å². The van der Waals surface area contributed by atoms with Crippen LogP contribution >= 0.6 is 0 Å². The highest BCUT2D eigenvalue weighted by Gasteiger charge is 2.47. The Labute approximate surface area is 100 Å². The SMILES string of the molecule is CC1(C)CCCC1(CN)NCCC1CCC1. The third kappa shape index (κ3) is 2.14. The Morgan fingerprint density at radius 3 is 2.38 bits per heavy atom. The molecule has 1 unspecified atom stereocenters. The van der Waals surface area contributed by atoms with E-state index in [9.17, 15) is 0 Å². The minimum atomic E-state index is 0.219. The summed E-state index contributed by atoms with van der Waals surface area (Å²) in [5, 5.41) is 3.81. The highest BCUT2D eigenvalue weighted by Crippen LogP contribution is 2.45. The van der Waals surface area contributed by atoms with E-state index in [0.29, 0.717) is 5.41 Å². The molecule has 0 aromatic rings. The molecule has 0 heterocycles. The fourth-order valence-corrected chi connectivity index (χ4v) is 3.49. The molecule has 0 amide bonds. The largest absolute Gasteiger partial charge is 0.329 e. The molecule has 16 heavy (non-hydrogen) atoms. The number of hydrogen-bond donors (Lipinski definition) is 2. The molecule has 2 saturated carbocycles. The van der Waals surface area contributed by atoms with Gasteiger partial charge in [-0.05, 0) is 37.1 Å². The van der Waals surface area contributed by atoms with Crippen molar-refractivity contribution in [1.82, 2.24) is 5.32 Å². The van der Waals surface area contributed by atoms with Gasteiger partial charge in [-0.25, -0.2) is 0 Å². The summed E-state index contributed by atoms with van der Waals surface area (Å²) in [7, 11) is 0. The van der Waals surface area contributed by atoms with Gasteiger partial charge in [0.1, 0.15) is 0 Å². The first-order valence-electron chi connectivity index (χ1n) is 7.05.